The molecule has 0 radical (unpaired) electrons. The summed E-state index contributed by atoms with van der Waals surface area (Å²) in [6.07, 6.45) is 3.44. The predicted molar refractivity (Wildman–Crippen MR) is 82.2 cm³/mol. The van der Waals surface area contributed by atoms with Crippen LogP contribution in [0.2, 0.25) is 0 Å². The summed E-state index contributed by atoms with van der Waals surface area (Å²) in [5.74, 6) is 1.36. The molecule has 0 aromatic heterocycles. The minimum atomic E-state index is -0.287. The van der Waals surface area contributed by atoms with Crippen LogP contribution in [-0.4, -0.2) is 11.0 Å². The first-order valence-electron chi connectivity index (χ1n) is 7.39. The predicted octanol–water partition coefficient (Wildman–Crippen LogP) is 4.45. The van der Waals surface area contributed by atoms with Gasteiger partial charge in [0, 0.05) is 12.1 Å². The van der Waals surface area contributed by atoms with Crippen molar-refractivity contribution < 1.29 is 4.92 Å². The molecule has 1 N–H and O–H groups in total. The Kier molecular flexibility index (Phi) is 4.31. The molecule has 2 rings (SSSR count). The van der Waals surface area contributed by atoms with Gasteiger partial charge in [0.15, 0.2) is 0 Å². The van der Waals surface area contributed by atoms with E-state index in [9.17, 15) is 10.1 Å². The molecule has 2 atom stereocenters. The highest BCUT2D eigenvalue weighted by atomic mass is 16.6. The summed E-state index contributed by atoms with van der Waals surface area (Å²) in [5, 5.41) is 14.6. The average Bonchev–Trinajstić information content (AvgIpc) is 2.31. The van der Waals surface area contributed by atoms with Crippen molar-refractivity contribution in [2.75, 3.05) is 5.32 Å². The second-order valence-corrected chi connectivity index (χ2v) is 6.47. The second-order valence-electron chi connectivity index (χ2n) is 6.47. The highest BCUT2D eigenvalue weighted by molar-refractivity contribution is 5.65. The molecule has 0 spiro atoms. The van der Waals surface area contributed by atoms with Gasteiger partial charge >= 0.3 is 0 Å². The lowest BCUT2D eigenvalue weighted by Gasteiger charge is -2.32. The van der Waals surface area contributed by atoms with Gasteiger partial charge in [0.25, 0.3) is 5.69 Å². The smallest absolute Gasteiger partial charge is 0.292 e. The molecular weight excluding hydrogens is 252 g/mol. The molecule has 1 aliphatic rings. The minimum absolute atomic E-state index is 0.193. The van der Waals surface area contributed by atoms with Crippen LogP contribution in [0.1, 0.15) is 44.2 Å². The summed E-state index contributed by atoms with van der Waals surface area (Å²) < 4.78 is 0. The number of nitrogens with one attached hydrogen (secondary N) is 1. The molecule has 0 bridgehead atoms. The van der Waals surface area contributed by atoms with Crippen LogP contribution in [-0.2, 0) is 0 Å². The fraction of sp³-hybridized carbons (Fsp3) is 0.625. The molecule has 1 fully saturated rings. The Bertz CT molecular complexity index is 503. The van der Waals surface area contributed by atoms with Crippen molar-refractivity contribution in [3.05, 3.63) is 33.4 Å². The van der Waals surface area contributed by atoms with Gasteiger partial charge < -0.3 is 5.32 Å². The van der Waals surface area contributed by atoms with Crippen molar-refractivity contribution in [1.29, 1.82) is 0 Å². The van der Waals surface area contributed by atoms with Crippen LogP contribution in [0.4, 0.5) is 11.4 Å². The zero-order valence-electron chi connectivity index (χ0n) is 12.8. The zero-order valence-corrected chi connectivity index (χ0v) is 12.8. The van der Waals surface area contributed by atoms with Crippen LogP contribution in [0.15, 0.2) is 12.1 Å². The molecule has 0 heterocycles. The number of aryl methyl sites for hydroxylation is 2. The number of nitro groups is 1. The summed E-state index contributed by atoms with van der Waals surface area (Å²) >= 11 is 0. The third-order valence-electron chi connectivity index (χ3n) is 4.35. The van der Waals surface area contributed by atoms with E-state index in [1.54, 1.807) is 6.07 Å². The fourth-order valence-electron chi connectivity index (χ4n) is 3.35. The van der Waals surface area contributed by atoms with Crippen molar-refractivity contribution in [3.8, 4) is 0 Å². The van der Waals surface area contributed by atoms with Crippen molar-refractivity contribution >= 4 is 11.4 Å². The van der Waals surface area contributed by atoms with Gasteiger partial charge in [0.2, 0.25) is 0 Å². The fourth-order valence-corrected chi connectivity index (χ4v) is 3.35. The van der Waals surface area contributed by atoms with E-state index in [0.29, 0.717) is 23.6 Å². The van der Waals surface area contributed by atoms with E-state index in [-0.39, 0.29) is 10.6 Å². The average molecular weight is 276 g/mol. The topological polar surface area (TPSA) is 55.2 Å². The van der Waals surface area contributed by atoms with E-state index in [1.807, 2.05) is 19.9 Å². The standard InChI is InChI=1S/C16H24N2O2/c1-10-5-11(2)7-14(6-10)17-15-8-12(3)13(4)9-16(15)18(19)20/h8-11,14,17H,5-7H2,1-4H3. The summed E-state index contributed by atoms with van der Waals surface area (Å²) in [6, 6.07) is 3.93. The SMILES string of the molecule is Cc1cc(NC2CC(C)CC(C)C2)c([N+](=O)[O-])cc1C. The Morgan fingerprint density at radius 2 is 1.65 bits per heavy atom. The lowest BCUT2D eigenvalue weighted by molar-refractivity contribution is -0.384. The van der Waals surface area contributed by atoms with Crippen LogP contribution in [0.25, 0.3) is 0 Å². The van der Waals surface area contributed by atoms with Crippen molar-refractivity contribution in [2.45, 2.75) is 53.0 Å². The maximum atomic E-state index is 11.2. The van der Waals surface area contributed by atoms with Gasteiger partial charge in [-0.1, -0.05) is 13.8 Å². The van der Waals surface area contributed by atoms with Crippen LogP contribution >= 0.6 is 0 Å². The first-order valence-corrected chi connectivity index (χ1v) is 7.39. The summed E-state index contributed by atoms with van der Waals surface area (Å²) in [5.41, 5.74) is 2.92. The normalized spacial score (nSPS) is 26.3. The van der Waals surface area contributed by atoms with Crippen molar-refractivity contribution in [3.63, 3.8) is 0 Å². The van der Waals surface area contributed by atoms with E-state index in [2.05, 4.69) is 19.2 Å². The largest absolute Gasteiger partial charge is 0.377 e. The molecule has 0 amide bonds. The van der Waals surface area contributed by atoms with E-state index >= 15 is 0 Å². The molecule has 0 saturated heterocycles. The van der Waals surface area contributed by atoms with Gasteiger partial charge in [0.05, 0.1) is 4.92 Å². The van der Waals surface area contributed by atoms with Crippen LogP contribution in [0.3, 0.4) is 0 Å². The number of benzene rings is 1. The van der Waals surface area contributed by atoms with E-state index in [4.69, 9.17) is 0 Å². The molecule has 110 valence electrons. The summed E-state index contributed by atoms with van der Waals surface area (Å²) in [6.45, 7) is 8.44. The van der Waals surface area contributed by atoms with Crippen molar-refractivity contribution in [2.24, 2.45) is 11.8 Å². The minimum Gasteiger partial charge on any atom is -0.377 e. The number of nitrogens with zero attached hydrogens (tertiary/aromatic N) is 1. The lowest BCUT2D eigenvalue weighted by atomic mass is 9.80. The monoisotopic (exact) mass is 276 g/mol. The Balaban J connectivity index is 2.24. The molecule has 4 heteroatoms. The van der Waals surface area contributed by atoms with E-state index in [0.717, 1.165) is 24.0 Å². The Morgan fingerprint density at radius 3 is 2.20 bits per heavy atom. The maximum Gasteiger partial charge on any atom is 0.292 e. The number of hydrogen-bond acceptors (Lipinski definition) is 3. The Labute approximate surface area is 120 Å². The van der Waals surface area contributed by atoms with Gasteiger partial charge in [-0.25, -0.2) is 0 Å². The molecule has 1 aliphatic carbocycles. The van der Waals surface area contributed by atoms with Crippen LogP contribution < -0.4 is 5.32 Å². The highest BCUT2D eigenvalue weighted by Crippen LogP contribution is 2.34. The molecule has 1 saturated carbocycles. The van der Waals surface area contributed by atoms with E-state index in [1.165, 1.54) is 6.42 Å². The van der Waals surface area contributed by atoms with Crippen LogP contribution in [0, 0.1) is 35.8 Å². The zero-order chi connectivity index (χ0) is 14.9. The first kappa shape index (κ1) is 14.8. The number of nitro benzene ring substituents is 1. The lowest BCUT2D eigenvalue weighted by Crippen LogP contribution is -2.30. The number of anilines is 1. The second kappa shape index (κ2) is 5.81. The Morgan fingerprint density at radius 1 is 1.10 bits per heavy atom. The van der Waals surface area contributed by atoms with Gasteiger partial charge in [-0.05, 0) is 62.1 Å². The van der Waals surface area contributed by atoms with Gasteiger partial charge in [-0.3, -0.25) is 10.1 Å². The maximum absolute atomic E-state index is 11.2. The Hall–Kier alpha value is -1.58. The van der Waals surface area contributed by atoms with E-state index < -0.39 is 0 Å². The molecule has 1 aromatic carbocycles. The van der Waals surface area contributed by atoms with Gasteiger partial charge in [-0.15, -0.1) is 0 Å². The molecule has 20 heavy (non-hydrogen) atoms. The summed E-state index contributed by atoms with van der Waals surface area (Å²) in [4.78, 5) is 10.9. The van der Waals surface area contributed by atoms with Crippen LogP contribution in [0.5, 0.6) is 0 Å². The molecule has 2 unspecified atom stereocenters. The molecule has 0 aliphatic heterocycles. The first-order chi connectivity index (χ1) is 9.36. The van der Waals surface area contributed by atoms with Gasteiger partial charge in [0.1, 0.15) is 5.69 Å². The van der Waals surface area contributed by atoms with Crippen molar-refractivity contribution in [1.82, 2.24) is 0 Å². The quantitative estimate of drug-likeness (QED) is 0.655. The third kappa shape index (κ3) is 3.30. The highest BCUT2D eigenvalue weighted by Gasteiger charge is 2.26. The molecular formula is C16H24N2O2. The molecule has 1 aromatic rings. The third-order valence-corrected chi connectivity index (χ3v) is 4.35. The van der Waals surface area contributed by atoms with Gasteiger partial charge in [-0.2, -0.15) is 0 Å². The molecule has 4 nitrogen and oxygen atoms in total. The number of hydrogen-bond donors (Lipinski definition) is 1. The number of rotatable bonds is 3. The summed E-state index contributed by atoms with van der Waals surface area (Å²) in [7, 11) is 0.